The lowest BCUT2D eigenvalue weighted by Gasteiger charge is -2.09. The minimum absolute atomic E-state index is 0.0743. The summed E-state index contributed by atoms with van der Waals surface area (Å²) in [6.45, 7) is 0. The van der Waals surface area contributed by atoms with Crippen molar-refractivity contribution in [2.45, 2.75) is 4.90 Å². The molecule has 10 heteroatoms. The van der Waals surface area contributed by atoms with Gasteiger partial charge in [0, 0.05) is 5.39 Å². The van der Waals surface area contributed by atoms with E-state index in [0.29, 0.717) is 16.7 Å². The van der Waals surface area contributed by atoms with Gasteiger partial charge in [-0.05, 0) is 24.3 Å². The van der Waals surface area contributed by atoms with Crippen LogP contribution in [0.1, 0.15) is 10.6 Å². The maximum absolute atomic E-state index is 12.3. The van der Waals surface area contributed by atoms with Crippen molar-refractivity contribution >= 4 is 50.1 Å². The van der Waals surface area contributed by atoms with Gasteiger partial charge in [-0.1, -0.05) is 41.4 Å². The number of hydrogen-bond donors (Lipinski definition) is 2. The average Bonchev–Trinajstić information content (AvgIpc) is 3.06. The van der Waals surface area contributed by atoms with Crippen LogP contribution in [0, 0.1) is 0 Å². The van der Waals surface area contributed by atoms with Gasteiger partial charge in [0.2, 0.25) is 0 Å². The van der Waals surface area contributed by atoms with Crippen molar-refractivity contribution < 1.29 is 22.4 Å². The maximum atomic E-state index is 12.3. The lowest BCUT2D eigenvalue weighted by molar-refractivity contribution is 0.0919. The quantitative estimate of drug-likeness (QED) is 0.623. The summed E-state index contributed by atoms with van der Waals surface area (Å²) < 4.78 is 35.2. The van der Waals surface area contributed by atoms with Gasteiger partial charge in [-0.15, -0.1) is 4.83 Å². The summed E-state index contributed by atoms with van der Waals surface area (Å²) in [6.07, 6.45) is 0. The number of para-hydroxylation sites is 1. The van der Waals surface area contributed by atoms with Crippen molar-refractivity contribution in [3.05, 3.63) is 58.3 Å². The molecule has 0 atom stereocenters. The van der Waals surface area contributed by atoms with Gasteiger partial charge in [0.05, 0.1) is 17.2 Å². The van der Waals surface area contributed by atoms with Crippen LogP contribution < -0.4 is 15.0 Å². The summed E-state index contributed by atoms with van der Waals surface area (Å²) in [6, 6.07) is 10.7. The molecule has 0 radical (unpaired) electrons. The summed E-state index contributed by atoms with van der Waals surface area (Å²) in [5.74, 6) is -0.429. The van der Waals surface area contributed by atoms with Crippen molar-refractivity contribution in [2.75, 3.05) is 7.11 Å². The molecular formula is C16H12Cl2N2O5S. The Morgan fingerprint density at radius 2 is 1.88 bits per heavy atom. The van der Waals surface area contributed by atoms with Crippen LogP contribution >= 0.6 is 23.2 Å². The number of amides is 1. The van der Waals surface area contributed by atoms with E-state index >= 15 is 0 Å². The van der Waals surface area contributed by atoms with Crippen LogP contribution in [0.4, 0.5) is 0 Å². The fourth-order valence-corrected chi connectivity index (χ4v) is 3.83. The number of benzene rings is 2. The second-order valence-electron chi connectivity index (χ2n) is 5.10. The first-order valence-corrected chi connectivity index (χ1v) is 9.40. The number of carbonyl (C=O) groups is 1. The first kappa shape index (κ1) is 18.5. The van der Waals surface area contributed by atoms with Gasteiger partial charge >= 0.3 is 5.91 Å². The van der Waals surface area contributed by atoms with E-state index in [9.17, 15) is 13.2 Å². The summed E-state index contributed by atoms with van der Waals surface area (Å²) in [7, 11) is -2.65. The fourth-order valence-electron chi connectivity index (χ4n) is 2.23. The van der Waals surface area contributed by atoms with Crippen LogP contribution in [0.5, 0.6) is 5.75 Å². The van der Waals surface area contributed by atoms with E-state index in [1.165, 1.54) is 31.4 Å². The van der Waals surface area contributed by atoms with Crippen molar-refractivity contribution in [3.63, 3.8) is 0 Å². The first-order chi connectivity index (χ1) is 12.3. The van der Waals surface area contributed by atoms with Gasteiger partial charge < -0.3 is 9.15 Å². The summed E-state index contributed by atoms with van der Waals surface area (Å²) in [5.41, 5.74) is 2.45. The van der Waals surface area contributed by atoms with E-state index in [1.807, 2.05) is 4.83 Å². The summed E-state index contributed by atoms with van der Waals surface area (Å²) in [4.78, 5) is 13.9. The van der Waals surface area contributed by atoms with Gasteiger partial charge in [0.25, 0.3) is 10.0 Å². The molecule has 0 saturated carbocycles. The molecule has 1 amide bonds. The molecule has 2 N–H and O–H groups in total. The van der Waals surface area contributed by atoms with Crippen LogP contribution in [0.25, 0.3) is 11.0 Å². The topological polar surface area (TPSA) is 97.6 Å². The highest BCUT2D eigenvalue weighted by Gasteiger charge is 2.22. The third-order valence-electron chi connectivity index (χ3n) is 3.46. The van der Waals surface area contributed by atoms with Gasteiger partial charge in [-0.2, -0.15) is 0 Å². The molecule has 0 bridgehead atoms. The molecule has 136 valence electrons. The molecule has 1 aromatic heterocycles. The minimum atomic E-state index is -4.12. The average molecular weight is 415 g/mol. The Kier molecular flexibility index (Phi) is 5.10. The molecule has 3 aromatic rings. The van der Waals surface area contributed by atoms with Gasteiger partial charge in [-0.3, -0.25) is 10.2 Å². The zero-order valence-electron chi connectivity index (χ0n) is 13.2. The van der Waals surface area contributed by atoms with Crippen molar-refractivity contribution in [1.29, 1.82) is 0 Å². The molecular weight excluding hydrogens is 403 g/mol. The fraction of sp³-hybridized carbons (Fsp3) is 0.0625. The SMILES string of the molecule is COc1cccc2cc(C(=O)NNS(=O)(=O)c3cccc(Cl)c3Cl)oc12. The monoisotopic (exact) mass is 414 g/mol. The highest BCUT2D eigenvalue weighted by molar-refractivity contribution is 7.89. The molecule has 0 fully saturated rings. The van der Waals surface area contributed by atoms with Gasteiger partial charge in [-0.25, -0.2) is 8.42 Å². The number of nitrogens with one attached hydrogen (secondary N) is 2. The summed E-state index contributed by atoms with van der Waals surface area (Å²) >= 11 is 11.7. The molecule has 0 aliphatic rings. The number of carbonyl (C=O) groups excluding carboxylic acids is 1. The smallest absolute Gasteiger partial charge is 0.301 e. The molecule has 1 heterocycles. The third-order valence-corrected chi connectivity index (χ3v) is 5.68. The molecule has 0 spiro atoms. The largest absolute Gasteiger partial charge is 0.493 e. The number of hydrazine groups is 1. The lowest BCUT2D eigenvalue weighted by atomic mass is 10.2. The zero-order valence-corrected chi connectivity index (χ0v) is 15.6. The molecule has 26 heavy (non-hydrogen) atoms. The molecule has 0 unspecified atom stereocenters. The van der Waals surface area contributed by atoms with Gasteiger partial charge in [0.15, 0.2) is 17.1 Å². The Balaban J connectivity index is 1.81. The number of ether oxygens (including phenoxy) is 1. The standard InChI is InChI=1S/C16H12Cl2N2O5S/c1-24-11-6-2-4-9-8-12(25-15(9)11)16(21)19-20-26(22,23)13-7-3-5-10(17)14(13)18/h2-8,20H,1H3,(H,19,21). The van der Waals surface area contributed by atoms with E-state index in [1.54, 1.807) is 18.2 Å². The molecule has 7 nitrogen and oxygen atoms in total. The second kappa shape index (κ2) is 7.16. The van der Waals surface area contributed by atoms with Crippen molar-refractivity contribution in [1.82, 2.24) is 10.3 Å². The number of rotatable bonds is 5. The normalized spacial score (nSPS) is 11.5. The Hall–Kier alpha value is -2.26. The zero-order chi connectivity index (χ0) is 18.9. The molecule has 0 saturated heterocycles. The van der Waals surface area contributed by atoms with E-state index in [4.69, 9.17) is 32.4 Å². The van der Waals surface area contributed by atoms with Crippen LogP contribution in [-0.2, 0) is 10.0 Å². The number of hydrogen-bond acceptors (Lipinski definition) is 5. The highest BCUT2D eigenvalue weighted by atomic mass is 35.5. The van der Waals surface area contributed by atoms with Crippen molar-refractivity contribution in [3.8, 4) is 5.75 Å². The summed E-state index contributed by atoms with van der Waals surface area (Å²) in [5, 5.41) is 0.560. The second-order valence-corrected chi connectivity index (χ2v) is 7.54. The molecule has 2 aromatic carbocycles. The number of furan rings is 1. The van der Waals surface area contributed by atoms with Crippen LogP contribution in [-0.4, -0.2) is 21.4 Å². The van der Waals surface area contributed by atoms with Crippen molar-refractivity contribution in [2.24, 2.45) is 0 Å². The van der Waals surface area contributed by atoms with Gasteiger partial charge in [0.1, 0.15) is 4.90 Å². The highest BCUT2D eigenvalue weighted by Crippen LogP contribution is 2.29. The molecule has 3 rings (SSSR count). The number of fused-ring (bicyclic) bond motifs is 1. The predicted octanol–water partition coefficient (Wildman–Crippen LogP) is 3.37. The Labute approximate surface area is 158 Å². The maximum Gasteiger partial charge on any atom is 0.301 e. The third kappa shape index (κ3) is 3.49. The molecule has 0 aliphatic carbocycles. The predicted molar refractivity (Wildman–Crippen MR) is 97.0 cm³/mol. The molecule has 0 aliphatic heterocycles. The van der Waals surface area contributed by atoms with E-state index < -0.39 is 15.9 Å². The van der Waals surface area contributed by atoms with Crippen LogP contribution in [0.2, 0.25) is 10.0 Å². The minimum Gasteiger partial charge on any atom is -0.493 e. The Morgan fingerprint density at radius 1 is 1.15 bits per heavy atom. The van der Waals surface area contributed by atoms with E-state index in [2.05, 4.69) is 5.43 Å². The van der Waals surface area contributed by atoms with Crippen LogP contribution in [0.15, 0.2) is 51.8 Å². The van der Waals surface area contributed by atoms with E-state index in [0.717, 1.165) is 0 Å². The number of methoxy groups -OCH3 is 1. The Bertz CT molecular complexity index is 1100. The lowest BCUT2D eigenvalue weighted by Crippen LogP contribution is -2.41. The number of halogens is 2. The number of sulfonamides is 1. The van der Waals surface area contributed by atoms with E-state index in [-0.39, 0.29) is 20.7 Å². The van der Waals surface area contributed by atoms with Crippen LogP contribution in [0.3, 0.4) is 0 Å². The first-order valence-electron chi connectivity index (χ1n) is 7.16. The Morgan fingerprint density at radius 3 is 2.62 bits per heavy atom.